The van der Waals surface area contributed by atoms with Crippen molar-refractivity contribution in [2.24, 2.45) is 0 Å². The number of ketones is 1. The van der Waals surface area contributed by atoms with Crippen LogP contribution in [-0.4, -0.2) is 16.9 Å². The Morgan fingerprint density at radius 3 is 2.21 bits per heavy atom. The van der Waals surface area contributed by atoms with E-state index in [9.17, 15) is 14.7 Å². The number of aromatic carboxylic acids is 1. The minimum absolute atomic E-state index is 0.00949. The van der Waals surface area contributed by atoms with Gasteiger partial charge in [-0.2, -0.15) is 0 Å². The van der Waals surface area contributed by atoms with E-state index in [0.29, 0.717) is 11.3 Å². The SMILES string of the molecule is CC.CC(=O)c1cccc(SNc2cc(-c3ccccc3)ccc2C(=O)O)c1. The van der Waals surface area contributed by atoms with Crippen LogP contribution in [0.4, 0.5) is 5.69 Å². The smallest absolute Gasteiger partial charge is 0.337 e. The van der Waals surface area contributed by atoms with Crippen LogP contribution in [0.5, 0.6) is 0 Å². The van der Waals surface area contributed by atoms with Crippen molar-refractivity contribution in [3.05, 3.63) is 83.9 Å². The number of hydrogen-bond donors (Lipinski definition) is 2. The Bertz CT molecular complexity index is 955. The van der Waals surface area contributed by atoms with Crippen LogP contribution in [0.1, 0.15) is 41.5 Å². The van der Waals surface area contributed by atoms with E-state index in [1.807, 2.05) is 56.3 Å². The van der Waals surface area contributed by atoms with Gasteiger partial charge < -0.3 is 9.83 Å². The first-order valence-corrected chi connectivity index (χ1v) is 9.83. The van der Waals surface area contributed by atoms with Gasteiger partial charge in [-0.05, 0) is 54.3 Å². The maximum absolute atomic E-state index is 11.5. The summed E-state index contributed by atoms with van der Waals surface area (Å²) < 4.78 is 3.11. The number of carbonyl (C=O) groups excluding carboxylic acids is 1. The van der Waals surface area contributed by atoms with Gasteiger partial charge in [0.25, 0.3) is 0 Å². The Balaban J connectivity index is 0.00000136. The Kier molecular flexibility index (Phi) is 7.84. The maximum atomic E-state index is 11.5. The maximum Gasteiger partial charge on any atom is 0.337 e. The molecule has 0 aromatic heterocycles. The van der Waals surface area contributed by atoms with Crippen molar-refractivity contribution in [3.8, 4) is 11.1 Å². The molecular weight excluding hydrogens is 370 g/mol. The summed E-state index contributed by atoms with van der Waals surface area (Å²) in [7, 11) is 0. The van der Waals surface area contributed by atoms with Gasteiger partial charge in [-0.25, -0.2) is 4.79 Å². The second-order valence-corrected chi connectivity index (χ2v) is 6.60. The molecule has 0 amide bonds. The average molecular weight is 394 g/mol. The van der Waals surface area contributed by atoms with E-state index in [2.05, 4.69) is 4.72 Å². The van der Waals surface area contributed by atoms with Gasteiger partial charge in [0.05, 0.1) is 11.3 Å². The molecule has 0 radical (unpaired) electrons. The van der Waals surface area contributed by atoms with Crippen LogP contribution in [0.2, 0.25) is 0 Å². The number of carboxylic acids is 1. The van der Waals surface area contributed by atoms with Crippen LogP contribution >= 0.6 is 11.9 Å². The zero-order valence-electron chi connectivity index (χ0n) is 16.1. The second-order valence-electron chi connectivity index (χ2n) is 5.72. The Morgan fingerprint density at radius 2 is 1.57 bits per heavy atom. The summed E-state index contributed by atoms with van der Waals surface area (Å²) in [6.07, 6.45) is 0. The molecule has 2 N–H and O–H groups in total. The predicted octanol–water partition coefficient (Wildman–Crippen LogP) is 6.40. The molecule has 144 valence electrons. The van der Waals surface area contributed by atoms with Crippen molar-refractivity contribution >= 4 is 29.4 Å². The highest BCUT2D eigenvalue weighted by Crippen LogP contribution is 2.29. The first kappa shape index (κ1) is 21.3. The zero-order valence-corrected chi connectivity index (χ0v) is 16.9. The molecule has 0 fully saturated rings. The van der Waals surface area contributed by atoms with Crippen molar-refractivity contribution in [1.82, 2.24) is 0 Å². The molecule has 0 spiro atoms. The molecule has 3 aromatic rings. The molecule has 0 saturated heterocycles. The summed E-state index contributed by atoms with van der Waals surface area (Å²) in [5, 5.41) is 9.45. The number of carbonyl (C=O) groups is 2. The molecule has 3 aromatic carbocycles. The van der Waals surface area contributed by atoms with Gasteiger partial charge in [-0.1, -0.05) is 62.4 Å². The summed E-state index contributed by atoms with van der Waals surface area (Å²) in [4.78, 5) is 23.9. The lowest BCUT2D eigenvalue weighted by Gasteiger charge is -2.12. The summed E-state index contributed by atoms with van der Waals surface area (Å²) in [6.45, 7) is 5.52. The minimum Gasteiger partial charge on any atom is -0.478 e. The highest BCUT2D eigenvalue weighted by Gasteiger charge is 2.12. The molecule has 0 bridgehead atoms. The third kappa shape index (κ3) is 5.47. The lowest BCUT2D eigenvalue weighted by molar-refractivity contribution is 0.0698. The van der Waals surface area contributed by atoms with Crippen LogP contribution in [0.15, 0.2) is 77.7 Å². The van der Waals surface area contributed by atoms with Gasteiger partial charge in [0, 0.05) is 10.5 Å². The van der Waals surface area contributed by atoms with Crippen LogP contribution in [0.3, 0.4) is 0 Å². The molecule has 28 heavy (non-hydrogen) atoms. The van der Waals surface area contributed by atoms with E-state index in [4.69, 9.17) is 0 Å². The number of nitrogens with one attached hydrogen (secondary N) is 1. The van der Waals surface area contributed by atoms with E-state index in [1.54, 1.807) is 30.3 Å². The third-order valence-corrected chi connectivity index (χ3v) is 4.69. The first-order chi connectivity index (χ1) is 13.5. The van der Waals surface area contributed by atoms with Crippen molar-refractivity contribution in [1.29, 1.82) is 0 Å². The summed E-state index contributed by atoms with van der Waals surface area (Å²) in [5.74, 6) is -1.00. The molecule has 5 heteroatoms. The highest BCUT2D eigenvalue weighted by atomic mass is 32.2. The highest BCUT2D eigenvalue weighted by molar-refractivity contribution is 8.00. The van der Waals surface area contributed by atoms with E-state index in [0.717, 1.165) is 16.0 Å². The van der Waals surface area contributed by atoms with E-state index >= 15 is 0 Å². The third-order valence-electron chi connectivity index (χ3n) is 3.88. The topological polar surface area (TPSA) is 66.4 Å². The number of Topliss-reactive ketones (excluding diaryl/α,β-unsaturated/α-hetero) is 1. The number of rotatable bonds is 6. The molecule has 0 aliphatic rings. The molecule has 0 aliphatic heterocycles. The Morgan fingerprint density at radius 1 is 0.857 bits per heavy atom. The number of anilines is 1. The Labute approximate surface area is 169 Å². The fourth-order valence-electron chi connectivity index (χ4n) is 2.52. The first-order valence-electron chi connectivity index (χ1n) is 9.01. The van der Waals surface area contributed by atoms with Crippen LogP contribution in [0, 0.1) is 0 Å². The van der Waals surface area contributed by atoms with Gasteiger partial charge in [-0.3, -0.25) is 4.79 Å². The van der Waals surface area contributed by atoms with E-state index in [1.165, 1.54) is 18.9 Å². The van der Waals surface area contributed by atoms with Crippen molar-refractivity contribution in [2.45, 2.75) is 25.7 Å². The lowest BCUT2D eigenvalue weighted by atomic mass is 10.0. The van der Waals surface area contributed by atoms with Crippen molar-refractivity contribution in [2.75, 3.05) is 4.72 Å². The molecule has 0 unspecified atom stereocenters. The predicted molar refractivity (Wildman–Crippen MR) is 116 cm³/mol. The average Bonchev–Trinajstić information content (AvgIpc) is 2.74. The second kappa shape index (κ2) is 10.3. The van der Waals surface area contributed by atoms with Crippen LogP contribution < -0.4 is 4.72 Å². The molecule has 3 rings (SSSR count). The van der Waals surface area contributed by atoms with E-state index in [-0.39, 0.29) is 11.3 Å². The van der Waals surface area contributed by atoms with Crippen LogP contribution in [0.25, 0.3) is 11.1 Å². The molecule has 0 heterocycles. The number of carboxylic acid groups (broad SMARTS) is 1. The number of hydrogen-bond acceptors (Lipinski definition) is 4. The monoisotopic (exact) mass is 393 g/mol. The largest absolute Gasteiger partial charge is 0.478 e. The minimum atomic E-state index is -0.995. The Hall–Kier alpha value is -3.05. The summed E-state index contributed by atoms with van der Waals surface area (Å²) in [6, 6.07) is 22.2. The normalized spacial score (nSPS) is 9.82. The van der Waals surface area contributed by atoms with E-state index < -0.39 is 5.97 Å². The van der Waals surface area contributed by atoms with Gasteiger partial charge in [0.1, 0.15) is 0 Å². The molecule has 0 saturated carbocycles. The molecule has 0 aliphatic carbocycles. The summed E-state index contributed by atoms with van der Waals surface area (Å²) in [5.41, 5.74) is 3.26. The van der Waals surface area contributed by atoms with Gasteiger partial charge in [-0.15, -0.1) is 0 Å². The fourth-order valence-corrected chi connectivity index (χ4v) is 3.25. The van der Waals surface area contributed by atoms with Gasteiger partial charge in [0.15, 0.2) is 5.78 Å². The quantitative estimate of drug-likeness (QED) is 0.375. The zero-order chi connectivity index (χ0) is 20.5. The number of benzene rings is 3. The van der Waals surface area contributed by atoms with Crippen molar-refractivity contribution in [3.63, 3.8) is 0 Å². The van der Waals surface area contributed by atoms with Gasteiger partial charge >= 0.3 is 5.97 Å². The fraction of sp³-hybridized carbons (Fsp3) is 0.130. The van der Waals surface area contributed by atoms with Gasteiger partial charge in [0.2, 0.25) is 0 Å². The molecular formula is C23H23NO3S. The van der Waals surface area contributed by atoms with Crippen molar-refractivity contribution < 1.29 is 14.7 Å². The standard InChI is InChI=1S/C21H17NO3S.C2H6/c1-14(23)16-8-5-9-18(12-16)26-22-20-13-17(10-11-19(20)21(24)25)15-6-3-2-4-7-15;1-2/h2-13,22H,1H3,(H,24,25);1-2H3. The summed E-state index contributed by atoms with van der Waals surface area (Å²) >= 11 is 1.28. The molecule has 0 atom stereocenters. The lowest BCUT2D eigenvalue weighted by Crippen LogP contribution is -2.02. The van der Waals surface area contributed by atoms with Crippen LogP contribution in [-0.2, 0) is 0 Å². The molecule has 4 nitrogen and oxygen atoms in total.